The van der Waals surface area contributed by atoms with Gasteiger partial charge >= 0.3 is 0 Å². The van der Waals surface area contributed by atoms with E-state index in [2.05, 4.69) is 45.3 Å². The average molecular weight is 232 g/mol. The summed E-state index contributed by atoms with van der Waals surface area (Å²) in [5.74, 6) is 0.704. The van der Waals surface area contributed by atoms with Gasteiger partial charge < -0.3 is 11.1 Å². The van der Waals surface area contributed by atoms with Crippen molar-refractivity contribution in [2.45, 2.75) is 45.7 Å². The molecule has 17 heavy (non-hydrogen) atoms. The standard InChI is InChI=1S/C15H24N2/c1-9-5-11(3)14(6-10(9)2)15(17-4)12-7-13(16)8-12/h5-6,12-13,15,17H,7-8,16H2,1-4H3. The smallest absolute Gasteiger partial charge is 0.0350 e. The van der Waals surface area contributed by atoms with Crippen molar-refractivity contribution < 1.29 is 0 Å². The summed E-state index contributed by atoms with van der Waals surface area (Å²) in [6, 6.07) is 5.53. The lowest BCUT2D eigenvalue weighted by atomic mass is 9.73. The van der Waals surface area contributed by atoms with E-state index in [1.165, 1.54) is 22.3 Å². The van der Waals surface area contributed by atoms with Gasteiger partial charge in [-0.2, -0.15) is 0 Å². The zero-order chi connectivity index (χ0) is 12.6. The van der Waals surface area contributed by atoms with Crippen molar-refractivity contribution in [3.8, 4) is 0 Å². The zero-order valence-electron chi connectivity index (χ0n) is 11.4. The number of aryl methyl sites for hydroxylation is 3. The molecule has 2 rings (SSSR count). The lowest BCUT2D eigenvalue weighted by Crippen LogP contribution is -2.42. The highest BCUT2D eigenvalue weighted by Crippen LogP contribution is 2.38. The maximum absolute atomic E-state index is 5.90. The number of nitrogens with two attached hydrogens (primary N) is 1. The molecule has 1 aliphatic rings. The van der Waals surface area contributed by atoms with Crippen molar-refractivity contribution in [3.63, 3.8) is 0 Å². The van der Waals surface area contributed by atoms with Crippen LogP contribution >= 0.6 is 0 Å². The number of rotatable bonds is 3. The van der Waals surface area contributed by atoms with Crippen LogP contribution in [0.5, 0.6) is 0 Å². The van der Waals surface area contributed by atoms with Crippen LogP contribution in [-0.2, 0) is 0 Å². The maximum Gasteiger partial charge on any atom is 0.0350 e. The van der Waals surface area contributed by atoms with Gasteiger partial charge in [0.2, 0.25) is 0 Å². The molecule has 1 aromatic carbocycles. The number of nitrogens with one attached hydrogen (secondary N) is 1. The topological polar surface area (TPSA) is 38.0 Å². The van der Waals surface area contributed by atoms with Gasteiger partial charge in [0.05, 0.1) is 0 Å². The molecular weight excluding hydrogens is 208 g/mol. The molecule has 1 fully saturated rings. The average Bonchev–Trinajstić information content (AvgIpc) is 2.23. The minimum atomic E-state index is 0.419. The second kappa shape index (κ2) is 4.79. The molecule has 2 nitrogen and oxygen atoms in total. The molecule has 1 saturated carbocycles. The van der Waals surface area contributed by atoms with Crippen LogP contribution in [0.25, 0.3) is 0 Å². The number of benzene rings is 1. The van der Waals surface area contributed by atoms with Gasteiger partial charge in [0.15, 0.2) is 0 Å². The molecule has 0 aromatic heterocycles. The van der Waals surface area contributed by atoms with E-state index < -0.39 is 0 Å². The Morgan fingerprint density at radius 3 is 2.24 bits per heavy atom. The van der Waals surface area contributed by atoms with Crippen LogP contribution < -0.4 is 11.1 Å². The van der Waals surface area contributed by atoms with Gasteiger partial charge in [0, 0.05) is 12.1 Å². The largest absolute Gasteiger partial charge is 0.328 e. The van der Waals surface area contributed by atoms with Gasteiger partial charge in [-0.25, -0.2) is 0 Å². The molecule has 1 aliphatic carbocycles. The molecular formula is C15H24N2. The molecule has 94 valence electrons. The van der Waals surface area contributed by atoms with Crippen LogP contribution in [0.2, 0.25) is 0 Å². The lowest BCUT2D eigenvalue weighted by molar-refractivity contribution is 0.203. The third-order valence-corrected chi connectivity index (χ3v) is 4.21. The third kappa shape index (κ3) is 2.38. The Hall–Kier alpha value is -0.860. The molecule has 1 atom stereocenters. The molecule has 0 radical (unpaired) electrons. The Bertz CT molecular complexity index is 406. The molecule has 0 amide bonds. The second-order valence-electron chi connectivity index (χ2n) is 5.55. The van der Waals surface area contributed by atoms with Gasteiger partial charge in [-0.15, -0.1) is 0 Å². The fourth-order valence-electron chi connectivity index (χ4n) is 2.94. The Morgan fingerprint density at radius 1 is 1.12 bits per heavy atom. The fraction of sp³-hybridized carbons (Fsp3) is 0.600. The molecule has 0 saturated heterocycles. The van der Waals surface area contributed by atoms with Gasteiger partial charge in [-0.05, 0) is 68.8 Å². The van der Waals surface area contributed by atoms with E-state index in [1.54, 1.807) is 0 Å². The first-order chi connectivity index (χ1) is 8.02. The van der Waals surface area contributed by atoms with E-state index in [0.717, 1.165) is 12.8 Å². The van der Waals surface area contributed by atoms with E-state index in [9.17, 15) is 0 Å². The van der Waals surface area contributed by atoms with E-state index in [1.807, 2.05) is 0 Å². The molecule has 0 aliphatic heterocycles. The molecule has 2 heteroatoms. The van der Waals surface area contributed by atoms with Crippen molar-refractivity contribution in [1.82, 2.24) is 5.32 Å². The summed E-state index contributed by atoms with van der Waals surface area (Å²) in [5.41, 5.74) is 11.5. The lowest BCUT2D eigenvalue weighted by Gasteiger charge is -2.39. The van der Waals surface area contributed by atoms with Crippen LogP contribution in [0.15, 0.2) is 12.1 Å². The van der Waals surface area contributed by atoms with E-state index in [-0.39, 0.29) is 0 Å². The van der Waals surface area contributed by atoms with Crippen molar-refractivity contribution >= 4 is 0 Å². The SMILES string of the molecule is CNC(c1cc(C)c(C)cc1C)C1CC(N)C1. The number of hydrogen-bond acceptors (Lipinski definition) is 2. The summed E-state index contributed by atoms with van der Waals surface area (Å²) < 4.78 is 0. The highest BCUT2D eigenvalue weighted by atomic mass is 14.9. The summed E-state index contributed by atoms with van der Waals surface area (Å²) in [6.45, 7) is 6.59. The first-order valence-electron chi connectivity index (χ1n) is 6.53. The molecule has 1 unspecified atom stereocenters. The third-order valence-electron chi connectivity index (χ3n) is 4.21. The van der Waals surface area contributed by atoms with E-state index in [4.69, 9.17) is 5.73 Å². The van der Waals surface area contributed by atoms with Crippen molar-refractivity contribution in [1.29, 1.82) is 0 Å². The molecule has 3 N–H and O–H groups in total. The van der Waals surface area contributed by atoms with Crippen LogP contribution in [0, 0.1) is 26.7 Å². The Labute approximate surface area is 105 Å². The van der Waals surface area contributed by atoms with Gasteiger partial charge in [0.25, 0.3) is 0 Å². The molecule has 1 aromatic rings. The first-order valence-corrected chi connectivity index (χ1v) is 6.53. The predicted molar refractivity (Wildman–Crippen MR) is 73.2 cm³/mol. The minimum absolute atomic E-state index is 0.419. The van der Waals surface area contributed by atoms with Gasteiger partial charge in [0.1, 0.15) is 0 Å². The summed E-state index contributed by atoms with van der Waals surface area (Å²) in [5, 5.41) is 3.47. The molecule has 0 heterocycles. The van der Waals surface area contributed by atoms with Gasteiger partial charge in [-0.1, -0.05) is 12.1 Å². The fourth-order valence-corrected chi connectivity index (χ4v) is 2.94. The Morgan fingerprint density at radius 2 is 1.71 bits per heavy atom. The zero-order valence-corrected chi connectivity index (χ0v) is 11.4. The predicted octanol–water partition coefficient (Wildman–Crippen LogP) is 2.61. The van der Waals surface area contributed by atoms with Crippen LogP contribution in [0.1, 0.15) is 41.1 Å². The second-order valence-corrected chi connectivity index (χ2v) is 5.55. The minimum Gasteiger partial charge on any atom is -0.328 e. The van der Waals surface area contributed by atoms with Crippen LogP contribution in [0.3, 0.4) is 0 Å². The van der Waals surface area contributed by atoms with Crippen molar-refractivity contribution in [2.24, 2.45) is 11.7 Å². The van der Waals surface area contributed by atoms with Gasteiger partial charge in [-0.3, -0.25) is 0 Å². The van der Waals surface area contributed by atoms with Crippen LogP contribution in [0.4, 0.5) is 0 Å². The Balaban J connectivity index is 2.27. The highest BCUT2D eigenvalue weighted by molar-refractivity contribution is 5.38. The summed E-state index contributed by atoms with van der Waals surface area (Å²) >= 11 is 0. The molecule has 0 bridgehead atoms. The van der Waals surface area contributed by atoms with E-state index >= 15 is 0 Å². The first kappa shape index (κ1) is 12.6. The summed E-state index contributed by atoms with van der Waals surface area (Å²) in [7, 11) is 2.06. The Kier molecular flexibility index (Phi) is 3.55. The monoisotopic (exact) mass is 232 g/mol. The van der Waals surface area contributed by atoms with Crippen molar-refractivity contribution in [3.05, 3.63) is 34.4 Å². The summed E-state index contributed by atoms with van der Waals surface area (Å²) in [6.07, 6.45) is 2.30. The number of hydrogen-bond donors (Lipinski definition) is 2. The highest BCUT2D eigenvalue weighted by Gasteiger charge is 2.33. The molecule has 0 spiro atoms. The van der Waals surface area contributed by atoms with E-state index in [0.29, 0.717) is 18.0 Å². The van der Waals surface area contributed by atoms with Crippen molar-refractivity contribution in [2.75, 3.05) is 7.05 Å². The summed E-state index contributed by atoms with van der Waals surface area (Å²) in [4.78, 5) is 0. The van der Waals surface area contributed by atoms with Crippen LogP contribution in [-0.4, -0.2) is 13.1 Å². The normalized spacial score (nSPS) is 25.5. The quantitative estimate of drug-likeness (QED) is 0.840. The maximum atomic E-state index is 5.90.